The lowest BCUT2D eigenvalue weighted by atomic mass is 10.1. The van der Waals surface area contributed by atoms with Gasteiger partial charge in [0.05, 0.1) is 5.02 Å². The largest absolute Gasteiger partial charge is 0.482 e. The van der Waals surface area contributed by atoms with Gasteiger partial charge in [0.1, 0.15) is 11.6 Å². The molecule has 0 saturated heterocycles. The van der Waals surface area contributed by atoms with Gasteiger partial charge in [-0.2, -0.15) is 0 Å². The highest BCUT2D eigenvalue weighted by molar-refractivity contribution is 6.32. The normalized spacial score (nSPS) is 12.0. The number of hydrogen-bond donors (Lipinski definition) is 1. The fourth-order valence-electron chi connectivity index (χ4n) is 1.82. The van der Waals surface area contributed by atoms with Crippen molar-refractivity contribution in [3.8, 4) is 5.75 Å². The summed E-state index contributed by atoms with van der Waals surface area (Å²) < 4.78 is 18.1. The second-order valence-corrected chi connectivity index (χ2v) is 5.23. The Morgan fingerprint density at radius 3 is 2.85 bits per heavy atom. The Balaban J connectivity index is 2.32. The zero-order valence-electron chi connectivity index (χ0n) is 11.9. The van der Waals surface area contributed by atoms with Crippen LogP contribution in [0.25, 0.3) is 0 Å². The zero-order valence-corrected chi connectivity index (χ0v) is 12.7. The molecule has 0 aliphatic rings. The molecule has 0 saturated carbocycles. The summed E-state index contributed by atoms with van der Waals surface area (Å²) in [5.74, 6) is -0.326. The van der Waals surface area contributed by atoms with Gasteiger partial charge >= 0.3 is 0 Å². The minimum absolute atomic E-state index is 0.122. The molecule has 0 fully saturated rings. The van der Waals surface area contributed by atoms with Gasteiger partial charge in [0.15, 0.2) is 6.61 Å². The number of nitrogens with one attached hydrogen (secondary N) is 1. The highest BCUT2D eigenvalue weighted by atomic mass is 35.5. The van der Waals surface area contributed by atoms with E-state index in [4.69, 9.17) is 16.3 Å². The Morgan fingerprint density at radius 1 is 1.45 bits per heavy atom. The van der Waals surface area contributed by atoms with E-state index in [-0.39, 0.29) is 23.6 Å². The summed E-state index contributed by atoms with van der Waals surface area (Å²) >= 11 is 5.81. The number of carbonyl (C=O) groups is 1. The number of halogens is 2. The van der Waals surface area contributed by atoms with Crippen molar-refractivity contribution in [2.75, 3.05) is 6.61 Å². The van der Waals surface area contributed by atoms with Crippen LogP contribution in [0.3, 0.4) is 0 Å². The standard InChI is InChI=1S/C15H21ClFNO2/c1-3-4-5-6-11(2)18-15(19)10-20-14-8-7-12(17)9-13(14)16/h7-9,11H,3-6,10H2,1-2H3,(H,18,19). The minimum atomic E-state index is -0.434. The molecule has 0 heterocycles. The molecule has 1 amide bonds. The summed E-state index contributed by atoms with van der Waals surface area (Å²) in [6.45, 7) is 3.99. The third-order valence-electron chi connectivity index (χ3n) is 2.90. The van der Waals surface area contributed by atoms with Crippen molar-refractivity contribution in [3.05, 3.63) is 29.0 Å². The number of amides is 1. The van der Waals surface area contributed by atoms with Crippen molar-refractivity contribution in [1.29, 1.82) is 0 Å². The molecular weight excluding hydrogens is 281 g/mol. The van der Waals surface area contributed by atoms with Crippen LogP contribution in [0.1, 0.15) is 39.5 Å². The molecule has 1 aromatic rings. The average Bonchev–Trinajstić information content (AvgIpc) is 2.38. The number of benzene rings is 1. The molecule has 1 N–H and O–H groups in total. The quantitative estimate of drug-likeness (QED) is 0.739. The van der Waals surface area contributed by atoms with Crippen molar-refractivity contribution >= 4 is 17.5 Å². The van der Waals surface area contributed by atoms with Crippen LogP contribution < -0.4 is 10.1 Å². The van der Waals surface area contributed by atoms with E-state index in [2.05, 4.69) is 12.2 Å². The Hall–Kier alpha value is -1.29. The van der Waals surface area contributed by atoms with Gasteiger partial charge in [0, 0.05) is 6.04 Å². The SMILES string of the molecule is CCCCCC(C)NC(=O)COc1ccc(F)cc1Cl. The highest BCUT2D eigenvalue weighted by Gasteiger charge is 2.09. The van der Waals surface area contributed by atoms with E-state index in [9.17, 15) is 9.18 Å². The first kappa shape index (κ1) is 16.8. The summed E-state index contributed by atoms with van der Waals surface area (Å²) in [6.07, 6.45) is 4.38. The summed E-state index contributed by atoms with van der Waals surface area (Å²) in [7, 11) is 0. The maximum atomic E-state index is 12.8. The second kappa shape index (κ2) is 8.80. The summed E-state index contributed by atoms with van der Waals surface area (Å²) in [6, 6.07) is 3.94. The van der Waals surface area contributed by atoms with Gasteiger partial charge in [0.25, 0.3) is 5.91 Å². The van der Waals surface area contributed by atoms with E-state index in [0.29, 0.717) is 5.75 Å². The number of unbranched alkanes of at least 4 members (excludes halogenated alkanes) is 2. The number of ether oxygens (including phenoxy) is 1. The number of rotatable bonds is 8. The van der Waals surface area contributed by atoms with Crippen LogP contribution in [0.4, 0.5) is 4.39 Å². The predicted molar refractivity (Wildman–Crippen MR) is 78.7 cm³/mol. The molecule has 0 aromatic heterocycles. The fraction of sp³-hybridized carbons (Fsp3) is 0.533. The highest BCUT2D eigenvalue weighted by Crippen LogP contribution is 2.24. The lowest BCUT2D eigenvalue weighted by molar-refractivity contribution is -0.123. The van der Waals surface area contributed by atoms with Gasteiger partial charge in [-0.1, -0.05) is 37.8 Å². The monoisotopic (exact) mass is 301 g/mol. The van der Waals surface area contributed by atoms with Gasteiger partial charge in [-0.05, 0) is 31.5 Å². The van der Waals surface area contributed by atoms with Crippen molar-refractivity contribution in [1.82, 2.24) is 5.32 Å². The Bertz CT molecular complexity index is 440. The van der Waals surface area contributed by atoms with Gasteiger partial charge in [-0.3, -0.25) is 4.79 Å². The first-order chi connectivity index (χ1) is 9.52. The van der Waals surface area contributed by atoms with Gasteiger partial charge < -0.3 is 10.1 Å². The Labute approximate surface area is 124 Å². The van der Waals surface area contributed by atoms with Crippen molar-refractivity contribution < 1.29 is 13.9 Å². The first-order valence-electron chi connectivity index (χ1n) is 6.90. The van der Waals surface area contributed by atoms with Crippen LogP contribution in [0, 0.1) is 5.82 Å². The van der Waals surface area contributed by atoms with Crippen molar-refractivity contribution in [2.24, 2.45) is 0 Å². The molecule has 1 atom stereocenters. The van der Waals surface area contributed by atoms with E-state index >= 15 is 0 Å². The molecule has 0 aliphatic heterocycles. The summed E-state index contributed by atoms with van der Waals surface area (Å²) in [5.41, 5.74) is 0. The predicted octanol–water partition coefficient (Wildman–Crippen LogP) is 3.94. The second-order valence-electron chi connectivity index (χ2n) is 4.83. The fourth-order valence-corrected chi connectivity index (χ4v) is 2.05. The smallest absolute Gasteiger partial charge is 0.258 e. The maximum Gasteiger partial charge on any atom is 0.258 e. The lowest BCUT2D eigenvalue weighted by Crippen LogP contribution is -2.36. The maximum absolute atomic E-state index is 12.8. The number of hydrogen-bond acceptors (Lipinski definition) is 2. The zero-order chi connectivity index (χ0) is 15.0. The van der Waals surface area contributed by atoms with Gasteiger partial charge in [-0.15, -0.1) is 0 Å². The molecule has 112 valence electrons. The average molecular weight is 302 g/mol. The molecule has 0 aliphatic carbocycles. The van der Waals surface area contributed by atoms with Crippen LogP contribution in [-0.4, -0.2) is 18.6 Å². The topological polar surface area (TPSA) is 38.3 Å². The minimum Gasteiger partial charge on any atom is -0.482 e. The van der Waals surface area contributed by atoms with E-state index < -0.39 is 5.82 Å². The summed E-state index contributed by atoms with van der Waals surface area (Å²) in [4.78, 5) is 11.7. The third-order valence-corrected chi connectivity index (χ3v) is 3.20. The van der Waals surface area contributed by atoms with Crippen molar-refractivity contribution in [3.63, 3.8) is 0 Å². The van der Waals surface area contributed by atoms with E-state index in [1.165, 1.54) is 18.6 Å². The first-order valence-corrected chi connectivity index (χ1v) is 7.28. The van der Waals surface area contributed by atoms with Crippen LogP contribution in [0.15, 0.2) is 18.2 Å². The van der Waals surface area contributed by atoms with Crippen LogP contribution in [0.2, 0.25) is 5.02 Å². The molecule has 1 unspecified atom stereocenters. The third kappa shape index (κ3) is 6.24. The van der Waals surface area contributed by atoms with Gasteiger partial charge in [-0.25, -0.2) is 4.39 Å². The summed E-state index contributed by atoms with van der Waals surface area (Å²) in [5, 5.41) is 3.02. The molecule has 0 bridgehead atoms. The Morgan fingerprint density at radius 2 is 2.20 bits per heavy atom. The van der Waals surface area contributed by atoms with Gasteiger partial charge in [0.2, 0.25) is 0 Å². The molecule has 5 heteroatoms. The molecule has 1 rings (SSSR count). The molecule has 20 heavy (non-hydrogen) atoms. The number of carbonyl (C=O) groups excluding carboxylic acids is 1. The lowest BCUT2D eigenvalue weighted by Gasteiger charge is -2.14. The molecule has 0 spiro atoms. The molecule has 0 radical (unpaired) electrons. The molecule has 1 aromatic carbocycles. The van der Waals surface area contributed by atoms with E-state index in [0.717, 1.165) is 25.3 Å². The van der Waals surface area contributed by atoms with Crippen LogP contribution in [0.5, 0.6) is 5.75 Å². The Kier molecular flexibility index (Phi) is 7.37. The van der Waals surface area contributed by atoms with Crippen LogP contribution >= 0.6 is 11.6 Å². The van der Waals surface area contributed by atoms with Crippen molar-refractivity contribution in [2.45, 2.75) is 45.6 Å². The molecular formula is C15H21ClFNO2. The van der Waals surface area contributed by atoms with E-state index in [1.807, 2.05) is 6.92 Å². The molecule has 3 nitrogen and oxygen atoms in total. The van der Waals surface area contributed by atoms with E-state index in [1.54, 1.807) is 0 Å². The van der Waals surface area contributed by atoms with Crippen LogP contribution in [-0.2, 0) is 4.79 Å².